The summed E-state index contributed by atoms with van der Waals surface area (Å²) in [5.74, 6) is 0.418. The summed E-state index contributed by atoms with van der Waals surface area (Å²) in [7, 11) is 6.93. The fourth-order valence-corrected chi connectivity index (χ4v) is 3.41. The summed E-state index contributed by atoms with van der Waals surface area (Å²) in [5.41, 5.74) is 4.84. The van der Waals surface area contributed by atoms with E-state index in [9.17, 15) is 9.18 Å². The van der Waals surface area contributed by atoms with Crippen LogP contribution in [-0.4, -0.2) is 34.6 Å². The Bertz CT molecular complexity index is 1010. The molecule has 0 spiro atoms. The van der Waals surface area contributed by atoms with Crippen molar-refractivity contribution in [2.24, 2.45) is 0 Å². The van der Waals surface area contributed by atoms with Gasteiger partial charge < -0.3 is 14.2 Å². The van der Waals surface area contributed by atoms with Crippen LogP contribution < -0.4 is 14.4 Å². The number of ether oxygens (including phenoxy) is 1. The first-order chi connectivity index (χ1) is 14.9. The molecule has 0 unspecified atom stereocenters. The number of aryl methyl sites for hydroxylation is 1. The summed E-state index contributed by atoms with van der Waals surface area (Å²) >= 11 is 1.24. The molecular weight excluding hydrogens is 415 g/mol. The smallest absolute Gasteiger partial charge is 0.153 e. The van der Waals surface area contributed by atoms with Crippen LogP contribution in [0.5, 0.6) is 5.75 Å². The molecular formula is C24H27FN2O3S. The lowest BCUT2D eigenvalue weighted by Gasteiger charge is -2.20. The van der Waals surface area contributed by atoms with E-state index in [1.54, 1.807) is 38.5 Å². The van der Waals surface area contributed by atoms with Crippen LogP contribution in [0.4, 0.5) is 15.8 Å². The van der Waals surface area contributed by atoms with Crippen molar-refractivity contribution in [3.63, 3.8) is 0 Å². The second-order valence-electron chi connectivity index (χ2n) is 6.56. The molecule has 3 aromatic carbocycles. The van der Waals surface area contributed by atoms with E-state index in [-0.39, 0.29) is 5.82 Å². The van der Waals surface area contributed by atoms with Gasteiger partial charge in [-0.05, 0) is 48.4 Å². The molecule has 3 aromatic rings. The zero-order chi connectivity index (χ0) is 22.8. The molecule has 1 N–H and O–H groups in total. The van der Waals surface area contributed by atoms with Crippen molar-refractivity contribution in [3.8, 4) is 16.9 Å². The summed E-state index contributed by atoms with van der Waals surface area (Å²) in [4.78, 5) is 10.3. The Morgan fingerprint density at radius 1 is 1.06 bits per heavy atom. The summed E-state index contributed by atoms with van der Waals surface area (Å²) in [5, 5.41) is 3.14. The number of nitrogens with zero attached hydrogens (tertiary/aromatic N) is 1. The van der Waals surface area contributed by atoms with E-state index in [0.717, 1.165) is 28.8 Å². The van der Waals surface area contributed by atoms with Crippen molar-refractivity contribution in [2.75, 3.05) is 37.9 Å². The Kier molecular flexibility index (Phi) is 9.37. The first-order valence-corrected chi connectivity index (χ1v) is 10.3. The molecule has 164 valence electrons. The molecule has 0 atom stereocenters. The number of carbonyl (C=O) groups is 1. The lowest BCUT2D eigenvalue weighted by atomic mass is 10.0. The molecule has 5 nitrogen and oxygen atoms in total. The SMILES string of the molecule is CNc1cc(-c2ccc(C)cc2F)ccc1N(C)SOC.COc1ccccc1C=O. The van der Waals surface area contributed by atoms with Crippen molar-refractivity contribution in [2.45, 2.75) is 6.92 Å². The predicted octanol–water partition coefficient (Wildman–Crippen LogP) is 6.00. The molecule has 0 aliphatic heterocycles. The fourth-order valence-electron chi connectivity index (χ4n) is 2.95. The van der Waals surface area contributed by atoms with Crippen molar-refractivity contribution < 1.29 is 18.1 Å². The number of aldehydes is 1. The largest absolute Gasteiger partial charge is 0.496 e. The molecule has 0 saturated carbocycles. The van der Waals surface area contributed by atoms with E-state index >= 15 is 0 Å². The minimum atomic E-state index is -0.204. The van der Waals surface area contributed by atoms with Crippen molar-refractivity contribution in [1.29, 1.82) is 0 Å². The van der Waals surface area contributed by atoms with Gasteiger partial charge in [-0.2, -0.15) is 0 Å². The number of rotatable bonds is 7. The topological polar surface area (TPSA) is 50.8 Å². The molecule has 31 heavy (non-hydrogen) atoms. The zero-order valence-electron chi connectivity index (χ0n) is 18.3. The molecule has 0 aromatic heterocycles. The van der Waals surface area contributed by atoms with Crippen LogP contribution in [0.3, 0.4) is 0 Å². The van der Waals surface area contributed by atoms with Crippen LogP contribution in [0.15, 0.2) is 60.7 Å². The van der Waals surface area contributed by atoms with E-state index in [0.29, 0.717) is 16.9 Å². The summed E-state index contributed by atoms with van der Waals surface area (Å²) in [6.45, 7) is 1.88. The van der Waals surface area contributed by atoms with Gasteiger partial charge in [0.05, 0.1) is 31.2 Å². The van der Waals surface area contributed by atoms with E-state index in [4.69, 9.17) is 8.92 Å². The van der Waals surface area contributed by atoms with Crippen LogP contribution >= 0.6 is 12.2 Å². The van der Waals surface area contributed by atoms with Gasteiger partial charge in [-0.25, -0.2) is 4.39 Å². The quantitative estimate of drug-likeness (QED) is 0.275. The van der Waals surface area contributed by atoms with Gasteiger partial charge in [-0.15, -0.1) is 0 Å². The highest BCUT2D eigenvalue weighted by atomic mass is 32.2. The lowest BCUT2D eigenvalue weighted by Crippen LogP contribution is -2.09. The number of benzene rings is 3. The zero-order valence-corrected chi connectivity index (χ0v) is 19.1. The van der Waals surface area contributed by atoms with Crippen LogP contribution in [0.1, 0.15) is 15.9 Å². The maximum Gasteiger partial charge on any atom is 0.153 e. The normalized spacial score (nSPS) is 10.0. The van der Waals surface area contributed by atoms with Crippen molar-refractivity contribution in [3.05, 3.63) is 77.6 Å². The van der Waals surface area contributed by atoms with Crippen LogP contribution in [0, 0.1) is 12.7 Å². The molecule has 0 fully saturated rings. The second-order valence-corrected chi connectivity index (χ2v) is 7.59. The standard InChI is InChI=1S/C16H19FN2OS.C8H8O2/c1-11-5-7-13(14(17)9-11)12-6-8-16(15(10-12)18-2)19(3)21-20-4;1-10-8-5-3-2-4-7(8)6-9/h5-10,18H,1-4H3;2-6H,1H3. The number of anilines is 2. The van der Waals surface area contributed by atoms with Gasteiger partial charge in [-0.1, -0.05) is 30.3 Å². The molecule has 0 bridgehead atoms. The van der Waals surface area contributed by atoms with Crippen LogP contribution in [0.25, 0.3) is 11.1 Å². The number of hydrogen-bond acceptors (Lipinski definition) is 6. The monoisotopic (exact) mass is 442 g/mol. The van der Waals surface area contributed by atoms with Gasteiger partial charge >= 0.3 is 0 Å². The minimum absolute atomic E-state index is 0.204. The third-order valence-electron chi connectivity index (χ3n) is 4.49. The number of methoxy groups -OCH3 is 1. The Labute approximate surface area is 187 Å². The van der Waals surface area contributed by atoms with E-state index in [2.05, 4.69) is 5.32 Å². The highest BCUT2D eigenvalue weighted by Gasteiger charge is 2.11. The van der Waals surface area contributed by atoms with Gasteiger partial charge in [-0.3, -0.25) is 9.10 Å². The van der Waals surface area contributed by atoms with E-state index < -0.39 is 0 Å². The Balaban J connectivity index is 0.000000285. The minimum Gasteiger partial charge on any atom is -0.496 e. The molecule has 0 amide bonds. The Hall–Kier alpha value is -3.03. The maximum atomic E-state index is 14.1. The van der Waals surface area contributed by atoms with Gasteiger partial charge in [0.15, 0.2) is 6.29 Å². The lowest BCUT2D eigenvalue weighted by molar-refractivity contribution is 0.112. The van der Waals surface area contributed by atoms with Crippen molar-refractivity contribution in [1.82, 2.24) is 0 Å². The van der Waals surface area contributed by atoms with Gasteiger partial charge in [0, 0.05) is 19.7 Å². The van der Waals surface area contributed by atoms with Gasteiger partial charge in [0.1, 0.15) is 23.8 Å². The van der Waals surface area contributed by atoms with Gasteiger partial charge in [0.25, 0.3) is 0 Å². The van der Waals surface area contributed by atoms with E-state index in [1.807, 2.05) is 61.7 Å². The molecule has 0 heterocycles. The molecule has 0 aliphatic carbocycles. The summed E-state index contributed by atoms with van der Waals surface area (Å²) in [6, 6.07) is 18.2. The van der Waals surface area contributed by atoms with Crippen LogP contribution in [-0.2, 0) is 4.18 Å². The van der Waals surface area contributed by atoms with E-state index in [1.165, 1.54) is 12.2 Å². The van der Waals surface area contributed by atoms with Crippen molar-refractivity contribution >= 4 is 29.9 Å². The number of nitrogens with one attached hydrogen (secondary N) is 1. The molecule has 0 aliphatic rings. The number of para-hydroxylation sites is 1. The molecule has 0 radical (unpaired) electrons. The van der Waals surface area contributed by atoms with Crippen LogP contribution in [0.2, 0.25) is 0 Å². The Morgan fingerprint density at radius 3 is 2.39 bits per heavy atom. The highest BCUT2D eigenvalue weighted by Crippen LogP contribution is 2.34. The average molecular weight is 443 g/mol. The maximum absolute atomic E-state index is 14.1. The van der Waals surface area contributed by atoms with Gasteiger partial charge in [0.2, 0.25) is 0 Å². The highest BCUT2D eigenvalue weighted by molar-refractivity contribution is 7.96. The molecule has 3 rings (SSSR count). The Morgan fingerprint density at radius 2 is 1.81 bits per heavy atom. The number of hydrogen-bond donors (Lipinski definition) is 1. The number of carbonyl (C=O) groups excluding carboxylic acids is 1. The third-order valence-corrected chi connectivity index (χ3v) is 5.06. The molecule has 0 saturated heterocycles. The average Bonchev–Trinajstić information content (AvgIpc) is 2.79. The summed E-state index contributed by atoms with van der Waals surface area (Å²) in [6.07, 6.45) is 0.777. The molecule has 7 heteroatoms. The number of halogens is 1. The fraction of sp³-hybridized carbons (Fsp3) is 0.208. The predicted molar refractivity (Wildman–Crippen MR) is 128 cm³/mol. The first kappa shape index (κ1) is 24.2. The first-order valence-electron chi connectivity index (χ1n) is 9.56. The second kappa shape index (κ2) is 12.0. The third kappa shape index (κ3) is 6.47. The summed E-state index contributed by atoms with van der Waals surface area (Å²) < 4.78 is 26.0.